The van der Waals surface area contributed by atoms with Gasteiger partial charge in [-0.05, 0) is 18.2 Å². The van der Waals surface area contributed by atoms with E-state index < -0.39 is 12.2 Å². The number of carbonyl (C=O) groups is 1. The van der Waals surface area contributed by atoms with Crippen molar-refractivity contribution in [2.45, 2.75) is 19.1 Å². The van der Waals surface area contributed by atoms with Gasteiger partial charge in [0.15, 0.2) is 0 Å². The first-order valence-corrected chi connectivity index (χ1v) is 5.80. The molecule has 0 aliphatic carbocycles. The van der Waals surface area contributed by atoms with E-state index in [2.05, 4.69) is 21.2 Å². The number of aliphatic hydroxyl groups excluding tert-OH is 2. The highest BCUT2D eigenvalue weighted by atomic mass is 79.9. The zero-order valence-corrected chi connectivity index (χ0v) is 10.8. The fourth-order valence-electron chi connectivity index (χ4n) is 1.32. The van der Waals surface area contributed by atoms with Crippen molar-refractivity contribution in [1.82, 2.24) is 5.32 Å². The lowest BCUT2D eigenvalue weighted by atomic mass is 10.0. The smallest absolute Gasteiger partial charge is 0.216 e. The van der Waals surface area contributed by atoms with Gasteiger partial charge in [-0.3, -0.25) is 4.79 Å². The summed E-state index contributed by atoms with van der Waals surface area (Å²) in [6, 6.07) is 4.38. The van der Waals surface area contributed by atoms with Crippen LogP contribution in [0.4, 0.5) is 0 Å². The van der Waals surface area contributed by atoms with Gasteiger partial charge in [-0.25, -0.2) is 0 Å². The molecule has 0 aliphatic rings. The van der Waals surface area contributed by atoms with Crippen LogP contribution in [0.2, 0.25) is 0 Å². The molecular formula is C11H14BrNO4. The maximum absolute atomic E-state index is 10.7. The van der Waals surface area contributed by atoms with Gasteiger partial charge in [0, 0.05) is 23.5 Å². The third-order valence-corrected chi connectivity index (χ3v) is 2.95. The van der Waals surface area contributed by atoms with Crippen molar-refractivity contribution in [3.05, 3.63) is 28.2 Å². The van der Waals surface area contributed by atoms with Gasteiger partial charge in [-0.2, -0.15) is 0 Å². The minimum absolute atomic E-state index is 0.00558. The van der Waals surface area contributed by atoms with E-state index in [0.29, 0.717) is 10.0 Å². The number of aromatic hydroxyl groups is 1. The molecule has 4 N–H and O–H groups in total. The molecule has 0 aromatic heterocycles. The predicted molar refractivity (Wildman–Crippen MR) is 65.5 cm³/mol. The van der Waals surface area contributed by atoms with Crippen LogP contribution in [-0.4, -0.2) is 33.9 Å². The fraction of sp³-hybridized carbons (Fsp3) is 0.364. The van der Waals surface area contributed by atoms with E-state index in [1.165, 1.54) is 19.1 Å². The van der Waals surface area contributed by atoms with Crippen molar-refractivity contribution in [1.29, 1.82) is 0 Å². The molecule has 6 heteroatoms. The Bertz CT molecular complexity index is 410. The number of hydrogen-bond acceptors (Lipinski definition) is 4. The number of aliphatic hydroxyl groups is 2. The molecule has 0 fully saturated rings. The van der Waals surface area contributed by atoms with Gasteiger partial charge in [-0.15, -0.1) is 0 Å². The van der Waals surface area contributed by atoms with E-state index in [1.807, 2.05) is 0 Å². The number of phenols is 1. The van der Waals surface area contributed by atoms with Gasteiger partial charge in [0.25, 0.3) is 0 Å². The Balaban J connectivity index is 2.77. The van der Waals surface area contributed by atoms with Gasteiger partial charge in [0.1, 0.15) is 18.0 Å². The maximum atomic E-state index is 10.7. The number of halogens is 1. The second-order valence-electron chi connectivity index (χ2n) is 3.66. The van der Waals surface area contributed by atoms with E-state index in [4.69, 9.17) is 0 Å². The van der Waals surface area contributed by atoms with Crippen LogP contribution in [0.3, 0.4) is 0 Å². The summed E-state index contributed by atoms with van der Waals surface area (Å²) in [5.74, 6) is -0.291. The van der Waals surface area contributed by atoms with Crippen LogP contribution in [0.1, 0.15) is 18.6 Å². The predicted octanol–water partition coefficient (Wildman–Crippen LogP) is 0.685. The van der Waals surface area contributed by atoms with E-state index in [1.54, 1.807) is 6.07 Å². The maximum Gasteiger partial charge on any atom is 0.216 e. The van der Waals surface area contributed by atoms with Gasteiger partial charge >= 0.3 is 0 Å². The van der Waals surface area contributed by atoms with Crippen molar-refractivity contribution >= 4 is 21.8 Å². The molecule has 1 rings (SSSR count). The summed E-state index contributed by atoms with van der Waals surface area (Å²) in [6.45, 7) is 1.27. The highest BCUT2D eigenvalue weighted by Crippen LogP contribution is 2.28. The third kappa shape index (κ3) is 3.99. The van der Waals surface area contributed by atoms with Gasteiger partial charge < -0.3 is 20.6 Å². The number of amides is 1. The minimum atomic E-state index is -1.19. The third-order valence-electron chi connectivity index (χ3n) is 2.22. The molecule has 0 spiro atoms. The number of hydrogen-bond donors (Lipinski definition) is 4. The van der Waals surface area contributed by atoms with Crippen LogP contribution in [0.25, 0.3) is 0 Å². The Morgan fingerprint density at radius 1 is 1.47 bits per heavy atom. The van der Waals surface area contributed by atoms with Crippen LogP contribution in [0.15, 0.2) is 22.7 Å². The number of carbonyl (C=O) groups excluding carboxylic acids is 1. The van der Waals surface area contributed by atoms with Crippen LogP contribution < -0.4 is 5.32 Å². The van der Waals surface area contributed by atoms with Crippen LogP contribution in [0.5, 0.6) is 5.75 Å². The summed E-state index contributed by atoms with van der Waals surface area (Å²) >= 11 is 3.21. The summed E-state index contributed by atoms with van der Waals surface area (Å²) in [5, 5.41) is 31.2. The first-order chi connectivity index (χ1) is 7.91. The van der Waals surface area contributed by atoms with Crippen LogP contribution in [0, 0.1) is 0 Å². The topological polar surface area (TPSA) is 89.8 Å². The molecule has 94 valence electrons. The Hall–Kier alpha value is -1.11. The molecule has 5 nitrogen and oxygen atoms in total. The molecule has 0 saturated heterocycles. The van der Waals surface area contributed by atoms with Crippen LogP contribution >= 0.6 is 15.9 Å². The molecule has 1 aromatic rings. The van der Waals surface area contributed by atoms with Crippen molar-refractivity contribution < 1.29 is 20.1 Å². The fourth-order valence-corrected chi connectivity index (χ4v) is 1.81. The second-order valence-corrected chi connectivity index (χ2v) is 4.51. The Morgan fingerprint density at radius 2 is 2.12 bits per heavy atom. The molecule has 0 saturated carbocycles. The second kappa shape index (κ2) is 6.00. The molecule has 2 atom stereocenters. The van der Waals surface area contributed by atoms with Crippen molar-refractivity contribution in [3.63, 3.8) is 0 Å². The van der Waals surface area contributed by atoms with E-state index >= 15 is 0 Å². The monoisotopic (exact) mass is 303 g/mol. The Labute approximate surface area is 107 Å². The highest BCUT2D eigenvalue weighted by Gasteiger charge is 2.21. The zero-order chi connectivity index (χ0) is 13.0. The van der Waals surface area contributed by atoms with Gasteiger partial charge in [0.2, 0.25) is 5.91 Å². The highest BCUT2D eigenvalue weighted by molar-refractivity contribution is 9.10. The number of phenolic OH excluding ortho intramolecular Hbond substituents is 1. The van der Waals surface area contributed by atoms with Crippen molar-refractivity contribution in [3.8, 4) is 5.75 Å². The van der Waals surface area contributed by atoms with E-state index in [-0.39, 0.29) is 18.2 Å². The molecule has 2 unspecified atom stereocenters. The Morgan fingerprint density at radius 3 is 2.71 bits per heavy atom. The van der Waals surface area contributed by atoms with E-state index in [9.17, 15) is 20.1 Å². The molecule has 1 amide bonds. The van der Waals surface area contributed by atoms with Crippen molar-refractivity contribution in [2.75, 3.05) is 6.54 Å². The first-order valence-electron chi connectivity index (χ1n) is 5.00. The normalized spacial score (nSPS) is 14.1. The molecule has 0 radical (unpaired) electrons. The molecule has 0 heterocycles. The first kappa shape index (κ1) is 14.0. The zero-order valence-electron chi connectivity index (χ0n) is 9.22. The number of rotatable bonds is 4. The lowest BCUT2D eigenvalue weighted by molar-refractivity contribution is -0.119. The molecule has 0 bridgehead atoms. The van der Waals surface area contributed by atoms with Crippen molar-refractivity contribution in [2.24, 2.45) is 0 Å². The number of benzene rings is 1. The summed E-state index contributed by atoms with van der Waals surface area (Å²) < 4.78 is 0.574. The summed E-state index contributed by atoms with van der Waals surface area (Å²) in [5.41, 5.74) is 0.364. The summed E-state index contributed by atoms with van der Waals surface area (Å²) in [6.07, 6.45) is -2.33. The molecular weight excluding hydrogens is 290 g/mol. The Kier molecular flexibility index (Phi) is 4.92. The lowest BCUT2D eigenvalue weighted by Crippen LogP contribution is -2.34. The largest absolute Gasteiger partial charge is 0.508 e. The number of nitrogens with one attached hydrogen (secondary N) is 1. The lowest BCUT2D eigenvalue weighted by Gasteiger charge is -2.19. The van der Waals surface area contributed by atoms with Gasteiger partial charge in [-0.1, -0.05) is 15.9 Å². The van der Waals surface area contributed by atoms with Gasteiger partial charge in [0.05, 0.1) is 0 Å². The molecule has 17 heavy (non-hydrogen) atoms. The quantitative estimate of drug-likeness (QED) is 0.659. The minimum Gasteiger partial charge on any atom is -0.508 e. The molecule has 0 aliphatic heterocycles. The SMILES string of the molecule is CC(=O)NCC(O)C(O)c1cc(O)ccc1Br. The van der Waals surface area contributed by atoms with Crippen LogP contribution in [-0.2, 0) is 4.79 Å². The van der Waals surface area contributed by atoms with E-state index in [0.717, 1.165) is 0 Å². The summed E-state index contributed by atoms with van der Waals surface area (Å²) in [4.78, 5) is 10.7. The average molecular weight is 304 g/mol. The average Bonchev–Trinajstić information content (AvgIpc) is 2.28. The molecule has 1 aromatic carbocycles. The standard InChI is InChI=1S/C11H14BrNO4/c1-6(14)13-5-10(16)11(17)8-4-7(15)2-3-9(8)12/h2-4,10-11,15-17H,5H2,1H3,(H,13,14). The summed E-state index contributed by atoms with van der Waals surface area (Å²) in [7, 11) is 0.